The smallest absolute Gasteiger partial charge is 0.339 e. The van der Waals surface area contributed by atoms with E-state index >= 15 is 0 Å². The van der Waals surface area contributed by atoms with Crippen molar-refractivity contribution < 1.29 is 22.5 Å². The van der Waals surface area contributed by atoms with E-state index in [4.69, 9.17) is 4.52 Å². The highest BCUT2D eigenvalue weighted by molar-refractivity contribution is 5.86. The zero-order chi connectivity index (χ0) is 13.3. The number of hydrogen-bond donors (Lipinski definition) is 0. The van der Waals surface area contributed by atoms with Gasteiger partial charge < -0.3 is 4.52 Å². The van der Waals surface area contributed by atoms with Crippen molar-refractivity contribution in [3.63, 3.8) is 0 Å². The van der Waals surface area contributed by atoms with Crippen molar-refractivity contribution in [2.75, 3.05) is 0 Å². The van der Waals surface area contributed by atoms with E-state index in [2.05, 4.69) is 10.1 Å². The van der Waals surface area contributed by atoms with Gasteiger partial charge in [0.05, 0.1) is 0 Å². The molecule has 1 heterocycles. The Kier molecular flexibility index (Phi) is 3.41. The second-order valence-corrected chi connectivity index (χ2v) is 4.59. The lowest BCUT2D eigenvalue weighted by atomic mass is 9.80. The van der Waals surface area contributed by atoms with E-state index in [1.54, 1.807) is 6.92 Å². The summed E-state index contributed by atoms with van der Waals surface area (Å²) in [5.41, 5.74) is 0. The third-order valence-electron chi connectivity index (χ3n) is 3.27. The van der Waals surface area contributed by atoms with Crippen LogP contribution in [0.5, 0.6) is 0 Å². The van der Waals surface area contributed by atoms with Gasteiger partial charge in [0.15, 0.2) is 5.82 Å². The molecule has 1 aromatic rings. The van der Waals surface area contributed by atoms with Gasteiger partial charge in [-0.3, -0.25) is 4.79 Å². The maximum absolute atomic E-state index is 12.3. The van der Waals surface area contributed by atoms with E-state index in [0.717, 1.165) is 0 Å². The lowest BCUT2D eigenvalue weighted by Crippen LogP contribution is -2.32. The Hall–Kier alpha value is -1.40. The maximum atomic E-state index is 12.3. The van der Waals surface area contributed by atoms with Gasteiger partial charge in [-0.2, -0.15) is 18.2 Å². The van der Waals surface area contributed by atoms with Crippen LogP contribution in [0.4, 0.5) is 13.2 Å². The fraction of sp³-hybridized carbons (Fsp3) is 0.727. The molecule has 1 aliphatic carbocycles. The Balaban J connectivity index is 1.94. The summed E-state index contributed by atoms with van der Waals surface area (Å²) in [6.45, 7) is 1.69. The number of ketones is 1. The summed E-state index contributed by atoms with van der Waals surface area (Å²) >= 11 is 0. The predicted molar refractivity (Wildman–Crippen MR) is 54.8 cm³/mol. The van der Waals surface area contributed by atoms with Crippen LogP contribution in [-0.2, 0) is 4.79 Å². The number of carbonyl (C=O) groups excluding carboxylic acids is 1. The Morgan fingerprint density at radius 1 is 1.28 bits per heavy atom. The van der Waals surface area contributed by atoms with E-state index < -0.39 is 17.9 Å². The topological polar surface area (TPSA) is 56.0 Å². The van der Waals surface area contributed by atoms with Gasteiger partial charge in [0.1, 0.15) is 0 Å². The summed E-state index contributed by atoms with van der Waals surface area (Å²) in [6, 6.07) is 0. The van der Waals surface area contributed by atoms with Crippen LogP contribution >= 0.6 is 0 Å². The quantitative estimate of drug-likeness (QED) is 0.822. The third kappa shape index (κ3) is 2.70. The van der Waals surface area contributed by atoms with Crippen molar-refractivity contribution in [2.45, 2.75) is 44.7 Å². The fourth-order valence-corrected chi connectivity index (χ4v) is 2.31. The molecule has 0 amide bonds. The highest BCUT2D eigenvalue weighted by Crippen LogP contribution is 2.37. The monoisotopic (exact) mass is 262 g/mol. The Morgan fingerprint density at radius 3 is 2.33 bits per heavy atom. The van der Waals surface area contributed by atoms with Crippen LogP contribution in [0.25, 0.3) is 0 Å². The fourth-order valence-electron chi connectivity index (χ4n) is 2.31. The van der Waals surface area contributed by atoms with Crippen LogP contribution in [0.2, 0.25) is 0 Å². The van der Waals surface area contributed by atoms with Crippen LogP contribution in [0, 0.1) is 12.8 Å². The van der Waals surface area contributed by atoms with Crippen LogP contribution < -0.4 is 0 Å². The van der Waals surface area contributed by atoms with Gasteiger partial charge in [-0.1, -0.05) is 5.16 Å². The molecule has 0 radical (unpaired) electrons. The van der Waals surface area contributed by atoms with Gasteiger partial charge in [0.2, 0.25) is 11.7 Å². The molecule has 0 saturated heterocycles. The number of aryl methyl sites for hydroxylation is 1. The average Bonchev–Trinajstić information content (AvgIpc) is 2.74. The Morgan fingerprint density at radius 2 is 1.89 bits per heavy atom. The number of rotatable bonds is 2. The van der Waals surface area contributed by atoms with Crippen molar-refractivity contribution in [2.24, 2.45) is 5.92 Å². The molecule has 4 nitrogen and oxygen atoms in total. The second kappa shape index (κ2) is 4.70. The van der Waals surface area contributed by atoms with Crippen molar-refractivity contribution in [1.82, 2.24) is 10.1 Å². The number of alkyl halides is 3. The van der Waals surface area contributed by atoms with Gasteiger partial charge >= 0.3 is 6.18 Å². The summed E-state index contributed by atoms with van der Waals surface area (Å²) in [5, 5.41) is 3.65. The minimum absolute atomic E-state index is 0.0246. The molecule has 1 aromatic heterocycles. The standard InChI is InChI=1S/C11H13F3N2O2/c1-6-15-10(18-16-6)8-4-2-7(3-5-8)9(17)11(12,13)14/h7-8H,2-5H2,1H3. The molecule has 1 aliphatic rings. The van der Waals surface area contributed by atoms with Gasteiger partial charge in [-0.15, -0.1) is 0 Å². The summed E-state index contributed by atoms with van der Waals surface area (Å²) in [7, 11) is 0. The highest BCUT2D eigenvalue weighted by atomic mass is 19.4. The summed E-state index contributed by atoms with van der Waals surface area (Å²) in [6.07, 6.45) is -3.31. The zero-order valence-electron chi connectivity index (χ0n) is 9.83. The number of carbonyl (C=O) groups is 1. The molecule has 100 valence electrons. The van der Waals surface area contributed by atoms with Gasteiger partial charge in [-0.25, -0.2) is 0 Å². The molecule has 1 fully saturated rings. The molecule has 0 bridgehead atoms. The van der Waals surface area contributed by atoms with Crippen LogP contribution in [0.3, 0.4) is 0 Å². The van der Waals surface area contributed by atoms with Crippen LogP contribution in [-0.4, -0.2) is 22.1 Å². The molecule has 0 N–H and O–H groups in total. The van der Waals surface area contributed by atoms with Gasteiger partial charge in [0.25, 0.3) is 0 Å². The first-order valence-electron chi connectivity index (χ1n) is 5.79. The zero-order valence-corrected chi connectivity index (χ0v) is 9.83. The molecular formula is C11H13F3N2O2. The molecular weight excluding hydrogens is 249 g/mol. The first kappa shape index (κ1) is 13.0. The SMILES string of the molecule is Cc1noc(C2CCC(C(=O)C(F)(F)F)CC2)n1. The minimum Gasteiger partial charge on any atom is -0.339 e. The normalized spacial score (nSPS) is 25.1. The lowest BCUT2D eigenvalue weighted by molar-refractivity contribution is -0.176. The van der Waals surface area contributed by atoms with E-state index in [9.17, 15) is 18.0 Å². The van der Waals surface area contributed by atoms with Crippen molar-refractivity contribution >= 4 is 5.78 Å². The molecule has 18 heavy (non-hydrogen) atoms. The minimum atomic E-state index is -4.72. The van der Waals surface area contributed by atoms with Crippen LogP contribution in [0.1, 0.15) is 43.3 Å². The van der Waals surface area contributed by atoms with Crippen LogP contribution in [0.15, 0.2) is 4.52 Å². The summed E-state index contributed by atoms with van der Waals surface area (Å²) in [4.78, 5) is 15.2. The highest BCUT2D eigenvalue weighted by Gasteiger charge is 2.44. The molecule has 7 heteroatoms. The lowest BCUT2D eigenvalue weighted by Gasteiger charge is -2.25. The second-order valence-electron chi connectivity index (χ2n) is 4.59. The maximum Gasteiger partial charge on any atom is 0.450 e. The molecule has 0 aromatic carbocycles. The molecule has 0 atom stereocenters. The first-order chi connectivity index (χ1) is 8.38. The summed E-state index contributed by atoms with van der Waals surface area (Å²) < 4.78 is 41.8. The number of hydrogen-bond acceptors (Lipinski definition) is 4. The van der Waals surface area contributed by atoms with Crippen molar-refractivity contribution in [3.05, 3.63) is 11.7 Å². The Labute approximate surface area is 102 Å². The predicted octanol–water partition coefficient (Wildman–Crippen LogP) is 2.78. The van der Waals surface area contributed by atoms with Gasteiger partial charge in [0, 0.05) is 11.8 Å². The van der Waals surface area contributed by atoms with Gasteiger partial charge in [-0.05, 0) is 32.6 Å². The number of nitrogens with zero attached hydrogens (tertiary/aromatic N) is 2. The molecule has 2 rings (SSSR count). The molecule has 0 unspecified atom stereocenters. The number of aromatic nitrogens is 2. The van der Waals surface area contributed by atoms with Crippen molar-refractivity contribution in [1.29, 1.82) is 0 Å². The average molecular weight is 262 g/mol. The largest absolute Gasteiger partial charge is 0.450 e. The number of halogens is 3. The third-order valence-corrected chi connectivity index (χ3v) is 3.27. The Bertz CT molecular complexity index is 434. The van der Waals surface area contributed by atoms with E-state index in [1.807, 2.05) is 0 Å². The number of Topliss-reactive ketones (excluding diaryl/α,β-unsaturated/α-hetero) is 1. The molecule has 0 spiro atoms. The molecule has 0 aliphatic heterocycles. The first-order valence-corrected chi connectivity index (χ1v) is 5.79. The van der Waals surface area contributed by atoms with E-state index in [-0.39, 0.29) is 18.8 Å². The summed E-state index contributed by atoms with van der Waals surface area (Å²) in [5.74, 6) is -1.57. The van der Waals surface area contributed by atoms with E-state index in [0.29, 0.717) is 24.6 Å². The molecule has 1 saturated carbocycles. The van der Waals surface area contributed by atoms with E-state index in [1.165, 1.54) is 0 Å². The van der Waals surface area contributed by atoms with Crippen molar-refractivity contribution in [3.8, 4) is 0 Å².